The smallest absolute Gasteiger partial charge is 0.338 e. The number of esters is 1. The first kappa shape index (κ1) is 29.4. The highest BCUT2D eigenvalue weighted by Gasteiger charge is 2.35. The summed E-state index contributed by atoms with van der Waals surface area (Å²) >= 11 is 3.33. The lowest BCUT2D eigenvalue weighted by molar-refractivity contribution is -0.139. The summed E-state index contributed by atoms with van der Waals surface area (Å²) < 4.78 is 25.2. The molecule has 1 aliphatic rings. The SMILES string of the molecule is CCOC(=O)C1=C(C)N=c2s/c(=C/c3cc(I)c(OCC#N)c(OC)c3)c(=O)n2[C@H]1c1ccccc1OC(C)C. The van der Waals surface area contributed by atoms with Gasteiger partial charge in [0.05, 0.1) is 39.2 Å². The van der Waals surface area contributed by atoms with Gasteiger partial charge in [0.25, 0.3) is 5.56 Å². The van der Waals surface area contributed by atoms with Gasteiger partial charge in [-0.1, -0.05) is 29.5 Å². The molecule has 2 heterocycles. The first-order valence-corrected chi connectivity index (χ1v) is 14.4. The Bertz CT molecular complexity index is 1700. The molecule has 0 saturated heterocycles. The number of aromatic nitrogens is 1. The number of para-hydroxylation sites is 1. The third kappa shape index (κ3) is 5.93. The molecule has 1 aromatic heterocycles. The van der Waals surface area contributed by atoms with Crippen LogP contribution < -0.4 is 29.1 Å². The molecule has 0 spiro atoms. The first-order chi connectivity index (χ1) is 19.2. The Morgan fingerprint density at radius 3 is 2.70 bits per heavy atom. The Balaban J connectivity index is 1.94. The fraction of sp³-hybridized carbons (Fsp3) is 0.310. The second kappa shape index (κ2) is 12.7. The molecule has 1 atom stereocenters. The normalized spacial score (nSPS) is 14.8. The predicted octanol–water partition coefficient (Wildman–Crippen LogP) is 4.10. The van der Waals surface area contributed by atoms with E-state index >= 15 is 0 Å². The average Bonchev–Trinajstić information content (AvgIpc) is 3.21. The van der Waals surface area contributed by atoms with Gasteiger partial charge in [-0.15, -0.1) is 0 Å². The molecule has 0 aliphatic carbocycles. The Morgan fingerprint density at radius 1 is 1.27 bits per heavy atom. The van der Waals surface area contributed by atoms with Gasteiger partial charge in [-0.2, -0.15) is 5.26 Å². The minimum absolute atomic E-state index is 0.117. The number of benzene rings is 2. The quantitative estimate of drug-likeness (QED) is 0.249. The van der Waals surface area contributed by atoms with Crippen molar-refractivity contribution in [2.45, 2.75) is 39.8 Å². The zero-order chi connectivity index (χ0) is 29.0. The van der Waals surface area contributed by atoms with E-state index in [1.54, 1.807) is 26.0 Å². The zero-order valence-electron chi connectivity index (χ0n) is 22.7. The maximum Gasteiger partial charge on any atom is 0.338 e. The van der Waals surface area contributed by atoms with Crippen LogP contribution in [0.1, 0.15) is 44.9 Å². The highest BCUT2D eigenvalue weighted by molar-refractivity contribution is 14.1. The van der Waals surface area contributed by atoms with Gasteiger partial charge in [-0.3, -0.25) is 9.36 Å². The Kier molecular flexibility index (Phi) is 9.32. The molecule has 0 fully saturated rings. The lowest BCUT2D eigenvalue weighted by Crippen LogP contribution is -2.40. The minimum Gasteiger partial charge on any atom is -0.493 e. The van der Waals surface area contributed by atoms with E-state index in [2.05, 4.69) is 27.6 Å². The van der Waals surface area contributed by atoms with Gasteiger partial charge in [0.1, 0.15) is 17.9 Å². The number of carbonyl (C=O) groups is 1. The highest BCUT2D eigenvalue weighted by atomic mass is 127. The van der Waals surface area contributed by atoms with Gasteiger partial charge in [-0.05, 0) is 80.1 Å². The largest absolute Gasteiger partial charge is 0.493 e. The first-order valence-electron chi connectivity index (χ1n) is 12.5. The number of ether oxygens (including phenoxy) is 4. The number of allylic oxidation sites excluding steroid dienone is 1. The average molecular weight is 674 g/mol. The molecular formula is C29H28IN3O6S. The van der Waals surface area contributed by atoms with E-state index in [0.29, 0.717) is 43.4 Å². The molecule has 11 heteroatoms. The molecule has 4 rings (SSSR count). The summed E-state index contributed by atoms with van der Waals surface area (Å²) in [4.78, 5) is 32.3. The van der Waals surface area contributed by atoms with Crippen LogP contribution in [0.15, 0.2) is 57.5 Å². The maximum absolute atomic E-state index is 14.0. The molecule has 3 aromatic rings. The highest BCUT2D eigenvalue weighted by Crippen LogP contribution is 2.37. The second-order valence-electron chi connectivity index (χ2n) is 8.99. The third-order valence-electron chi connectivity index (χ3n) is 5.92. The van der Waals surface area contributed by atoms with Crippen LogP contribution >= 0.6 is 33.9 Å². The van der Waals surface area contributed by atoms with Crippen molar-refractivity contribution in [1.82, 2.24) is 4.57 Å². The van der Waals surface area contributed by atoms with E-state index in [1.807, 2.05) is 50.2 Å². The molecule has 0 amide bonds. The van der Waals surface area contributed by atoms with Crippen LogP contribution in [-0.4, -0.2) is 37.0 Å². The number of hydrogen-bond donors (Lipinski definition) is 0. The second-order valence-corrected chi connectivity index (χ2v) is 11.2. The van der Waals surface area contributed by atoms with Crippen molar-refractivity contribution in [1.29, 1.82) is 5.26 Å². The fourth-order valence-corrected chi connectivity index (χ4v) is 6.20. The van der Waals surface area contributed by atoms with E-state index in [-0.39, 0.29) is 30.5 Å². The standard InChI is InChI=1S/C29H28IN3O6S/c1-6-37-28(35)24-17(4)32-29-33(25(24)19-9-7-8-10-21(19)39-16(2)3)27(34)23(40-29)15-18-13-20(30)26(38-12-11-31)22(14-18)36-5/h7-10,13-16,25H,6,12H2,1-5H3/b23-15+/t25-/m0/s1. The molecule has 1 aliphatic heterocycles. The monoisotopic (exact) mass is 673 g/mol. The van der Waals surface area contributed by atoms with Gasteiger partial charge in [0.15, 0.2) is 22.9 Å². The molecule has 208 valence electrons. The van der Waals surface area contributed by atoms with Gasteiger partial charge >= 0.3 is 5.97 Å². The van der Waals surface area contributed by atoms with Crippen LogP contribution in [-0.2, 0) is 9.53 Å². The number of carbonyl (C=O) groups excluding carboxylic acids is 1. The number of thiazole rings is 1. The number of hydrogen-bond acceptors (Lipinski definition) is 9. The van der Waals surface area contributed by atoms with Gasteiger partial charge in [-0.25, -0.2) is 9.79 Å². The lowest BCUT2D eigenvalue weighted by atomic mass is 9.95. The Hall–Kier alpha value is -3.63. The lowest BCUT2D eigenvalue weighted by Gasteiger charge is -2.26. The molecule has 9 nitrogen and oxygen atoms in total. The van der Waals surface area contributed by atoms with Crippen LogP contribution in [0, 0.1) is 14.9 Å². The van der Waals surface area contributed by atoms with Crippen molar-refractivity contribution in [3.8, 4) is 23.3 Å². The Labute approximate surface area is 249 Å². The molecular weight excluding hydrogens is 645 g/mol. The number of halogens is 1. The predicted molar refractivity (Wildman–Crippen MR) is 159 cm³/mol. The van der Waals surface area contributed by atoms with E-state index in [9.17, 15) is 9.59 Å². The van der Waals surface area contributed by atoms with Crippen molar-refractivity contribution >= 4 is 46.0 Å². The number of fused-ring (bicyclic) bond motifs is 1. The summed E-state index contributed by atoms with van der Waals surface area (Å²) in [5.74, 6) is 0.939. The van der Waals surface area contributed by atoms with Crippen molar-refractivity contribution in [3.63, 3.8) is 0 Å². The van der Waals surface area contributed by atoms with Crippen molar-refractivity contribution in [3.05, 3.63) is 82.1 Å². The molecule has 40 heavy (non-hydrogen) atoms. The molecule has 0 radical (unpaired) electrons. The minimum atomic E-state index is -0.788. The summed E-state index contributed by atoms with van der Waals surface area (Å²) in [6.45, 7) is 7.39. The fourth-order valence-electron chi connectivity index (χ4n) is 4.37. The van der Waals surface area contributed by atoms with Crippen LogP contribution in [0.25, 0.3) is 6.08 Å². The zero-order valence-corrected chi connectivity index (χ0v) is 25.7. The van der Waals surface area contributed by atoms with Crippen molar-refractivity contribution < 1.29 is 23.7 Å². The van der Waals surface area contributed by atoms with Crippen LogP contribution in [0.4, 0.5) is 0 Å². The summed E-state index contributed by atoms with van der Waals surface area (Å²) in [6.07, 6.45) is 1.63. The molecule has 0 N–H and O–H groups in total. The number of nitrogens with zero attached hydrogens (tertiary/aromatic N) is 3. The van der Waals surface area contributed by atoms with E-state index in [1.165, 1.54) is 23.0 Å². The van der Waals surface area contributed by atoms with Gasteiger partial charge < -0.3 is 18.9 Å². The maximum atomic E-state index is 14.0. The number of methoxy groups -OCH3 is 1. The van der Waals surface area contributed by atoms with Crippen molar-refractivity contribution in [2.75, 3.05) is 20.3 Å². The summed E-state index contributed by atoms with van der Waals surface area (Å²) in [5.41, 5.74) is 1.83. The van der Waals surface area contributed by atoms with Crippen LogP contribution in [0.5, 0.6) is 17.2 Å². The molecule has 2 aromatic carbocycles. The number of nitriles is 1. The molecule has 0 unspecified atom stereocenters. The summed E-state index contributed by atoms with van der Waals surface area (Å²) in [5, 5.41) is 8.90. The molecule has 0 bridgehead atoms. The van der Waals surface area contributed by atoms with Gasteiger partial charge in [0.2, 0.25) is 0 Å². The van der Waals surface area contributed by atoms with E-state index in [4.69, 9.17) is 24.2 Å². The molecule has 0 saturated carbocycles. The van der Waals surface area contributed by atoms with Crippen molar-refractivity contribution in [2.24, 2.45) is 4.99 Å². The topological polar surface area (TPSA) is 112 Å². The van der Waals surface area contributed by atoms with Crippen LogP contribution in [0.3, 0.4) is 0 Å². The number of rotatable bonds is 9. The van der Waals surface area contributed by atoms with E-state index < -0.39 is 12.0 Å². The summed E-state index contributed by atoms with van der Waals surface area (Å²) in [7, 11) is 1.51. The summed E-state index contributed by atoms with van der Waals surface area (Å²) in [6, 6.07) is 12.1. The van der Waals surface area contributed by atoms with Crippen LogP contribution in [0.2, 0.25) is 0 Å². The van der Waals surface area contributed by atoms with Gasteiger partial charge in [0, 0.05) is 5.56 Å². The van der Waals surface area contributed by atoms with E-state index in [0.717, 1.165) is 3.57 Å². The third-order valence-corrected chi connectivity index (χ3v) is 7.71. The Morgan fingerprint density at radius 2 is 2.02 bits per heavy atom.